The smallest absolute Gasteiger partial charge is 0.273 e. The Morgan fingerprint density at radius 3 is 3.00 bits per heavy atom. The van der Waals surface area contributed by atoms with E-state index < -0.39 is 4.92 Å². The Balaban J connectivity index is 1.95. The van der Waals surface area contributed by atoms with Crippen LogP contribution in [-0.2, 0) is 0 Å². The Bertz CT molecular complexity index is 510. The lowest BCUT2D eigenvalue weighted by Gasteiger charge is -2.11. The molecule has 0 saturated carbocycles. The van der Waals surface area contributed by atoms with Gasteiger partial charge >= 0.3 is 0 Å². The monoisotopic (exact) mass is 277 g/mol. The van der Waals surface area contributed by atoms with Gasteiger partial charge < -0.3 is 10.6 Å². The number of benzene rings is 1. The van der Waals surface area contributed by atoms with Crippen molar-refractivity contribution in [2.75, 3.05) is 13.1 Å². The average Bonchev–Trinajstić information content (AvgIpc) is 2.91. The topological polar surface area (TPSA) is 84.3 Å². The third-order valence-electron chi connectivity index (χ3n) is 3.69. The molecule has 1 atom stereocenters. The first-order valence-electron chi connectivity index (χ1n) is 6.85. The van der Waals surface area contributed by atoms with Crippen molar-refractivity contribution in [2.45, 2.75) is 32.2 Å². The molecular formula is C14H19N3O3. The summed E-state index contributed by atoms with van der Waals surface area (Å²) in [5, 5.41) is 17.0. The Hall–Kier alpha value is -1.95. The number of carbonyl (C=O) groups is 1. The summed E-state index contributed by atoms with van der Waals surface area (Å²) < 4.78 is 0. The molecule has 1 aliphatic heterocycles. The van der Waals surface area contributed by atoms with Gasteiger partial charge in [0, 0.05) is 29.8 Å². The first-order valence-corrected chi connectivity index (χ1v) is 6.85. The summed E-state index contributed by atoms with van der Waals surface area (Å²) in [6.45, 7) is 3.23. The van der Waals surface area contributed by atoms with Crippen LogP contribution in [0.25, 0.3) is 0 Å². The van der Waals surface area contributed by atoms with Crippen LogP contribution < -0.4 is 10.6 Å². The summed E-state index contributed by atoms with van der Waals surface area (Å²) >= 11 is 0. The van der Waals surface area contributed by atoms with Gasteiger partial charge in [-0.25, -0.2) is 0 Å². The second-order valence-electron chi connectivity index (χ2n) is 5.04. The van der Waals surface area contributed by atoms with Crippen LogP contribution in [0, 0.1) is 17.0 Å². The van der Waals surface area contributed by atoms with Crippen molar-refractivity contribution in [3.63, 3.8) is 0 Å². The number of hydrogen-bond acceptors (Lipinski definition) is 4. The third-order valence-corrected chi connectivity index (χ3v) is 3.69. The number of nitrogens with one attached hydrogen (secondary N) is 2. The molecule has 1 amide bonds. The highest BCUT2D eigenvalue weighted by atomic mass is 16.6. The lowest BCUT2D eigenvalue weighted by Crippen LogP contribution is -2.31. The van der Waals surface area contributed by atoms with Crippen LogP contribution in [-0.4, -0.2) is 30.0 Å². The Labute approximate surface area is 117 Å². The SMILES string of the molecule is Cc1c(C(=O)NCC[C@H]2CCCN2)cccc1[N+](=O)[O-]. The standard InChI is InChI=1S/C14H19N3O3/c1-10-12(5-2-6-13(10)17(19)20)14(18)16-9-7-11-4-3-8-15-11/h2,5-6,11,15H,3-4,7-9H2,1H3,(H,16,18)/t11-/m1/s1. The van der Waals surface area contributed by atoms with Gasteiger partial charge in [0.25, 0.3) is 11.6 Å². The predicted octanol–water partition coefficient (Wildman–Crippen LogP) is 1.78. The second kappa shape index (κ2) is 6.47. The van der Waals surface area contributed by atoms with Crippen molar-refractivity contribution >= 4 is 11.6 Å². The van der Waals surface area contributed by atoms with Gasteiger partial charge in [-0.15, -0.1) is 0 Å². The molecule has 20 heavy (non-hydrogen) atoms. The molecule has 108 valence electrons. The minimum atomic E-state index is -0.464. The number of nitrogens with zero attached hydrogens (tertiary/aromatic N) is 1. The van der Waals surface area contributed by atoms with Crippen LogP contribution in [0.3, 0.4) is 0 Å². The quantitative estimate of drug-likeness (QED) is 0.634. The summed E-state index contributed by atoms with van der Waals surface area (Å²) in [5.74, 6) is -0.246. The molecule has 0 radical (unpaired) electrons. The van der Waals surface area contributed by atoms with E-state index in [9.17, 15) is 14.9 Å². The van der Waals surface area contributed by atoms with E-state index in [2.05, 4.69) is 10.6 Å². The molecule has 1 aliphatic rings. The molecule has 0 unspecified atom stereocenters. The molecule has 2 N–H and O–H groups in total. The second-order valence-corrected chi connectivity index (χ2v) is 5.04. The molecule has 1 aromatic carbocycles. The van der Waals surface area contributed by atoms with E-state index in [1.54, 1.807) is 19.1 Å². The molecule has 0 aliphatic carbocycles. The van der Waals surface area contributed by atoms with Crippen molar-refractivity contribution in [3.8, 4) is 0 Å². The van der Waals surface area contributed by atoms with E-state index >= 15 is 0 Å². The zero-order valence-corrected chi connectivity index (χ0v) is 11.5. The maximum atomic E-state index is 12.1. The zero-order chi connectivity index (χ0) is 14.5. The van der Waals surface area contributed by atoms with Crippen molar-refractivity contribution in [1.82, 2.24) is 10.6 Å². The zero-order valence-electron chi connectivity index (χ0n) is 11.5. The van der Waals surface area contributed by atoms with Crippen LogP contribution in [0.2, 0.25) is 0 Å². The van der Waals surface area contributed by atoms with Crippen LogP contribution >= 0.6 is 0 Å². The van der Waals surface area contributed by atoms with Crippen molar-refractivity contribution in [3.05, 3.63) is 39.4 Å². The third kappa shape index (κ3) is 3.33. The van der Waals surface area contributed by atoms with Crippen molar-refractivity contribution in [2.24, 2.45) is 0 Å². The van der Waals surface area contributed by atoms with E-state index in [4.69, 9.17) is 0 Å². The Kier molecular flexibility index (Phi) is 4.68. The molecule has 0 spiro atoms. The van der Waals surface area contributed by atoms with Gasteiger partial charge in [0.1, 0.15) is 0 Å². The molecule has 6 nitrogen and oxygen atoms in total. The molecule has 1 fully saturated rings. The Morgan fingerprint density at radius 2 is 2.35 bits per heavy atom. The first kappa shape index (κ1) is 14.5. The summed E-state index contributed by atoms with van der Waals surface area (Å²) in [7, 11) is 0. The number of rotatable bonds is 5. The van der Waals surface area contributed by atoms with Crippen LogP contribution in [0.15, 0.2) is 18.2 Å². The van der Waals surface area contributed by atoms with E-state index in [1.807, 2.05) is 0 Å². The summed E-state index contributed by atoms with van der Waals surface area (Å²) in [4.78, 5) is 22.4. The Morgan fingerprint density at radius 1 is 1.55 bits per heavy atom. The van der Waals surface area contributed by atoms with E-state index in [0.717, 1.165) is 19.4 Å². The highest BCUT2D eigenvalue weighted by Gasteiger charge is 2.18. The minimum absolute atomic E-state index is 0.0184. The van der Waals surface area contributed by atoms with Crippen molar-refractivity contribution in [1.29, 1.82) is 0 Å². The number of amides is 1. The fourth-order valence-corrected chi connectivity index (χ4v) is 2.53. The van der Waals surface area contributed by atoms with Gasteiger partial charge in [-0.05, 0) is 38.8 Å². The molecule has 2 rings (SSSR count). The van der Waals surface area contributed by atoms with Crippen LogP contribution in [0.4, 0.5) is 5.69 Å². The lowest BCUT2D eigenvalue weighted by atomic mass is 10.1. The van der Waals surface area contributed by atoms with E-state index in [0.29, 0.717) is 23.7 Å². The van der Waals surface area contributed by atoms with Crippen molar-refractivity contribution < 1.29 is 9.72 Å². The number of carbonyl (C=O) groups excluding carboxylic acids is 1. The van der Waals surface area contributed by atoms with Gasteiger partial charge in [0.2, 0.25) is 0 Å². The molecule has 1 saturated heterocycles. The fourth-order valence-electron chi connectivity index (χ4n) is 2.53. The number of hydrogen-bond donors (Lipinski definition) is 2. The maximum Gasteiger partial charge on any atom is 0.273 e. The van der Waals surface area contributed by atoms with Crippen LogP contribution in [0.1, 0.15) is 35.2 Å². The van der Waals surface area contributed by atoms with Gasteiger partial charge in [0.05, 0.1) is 4.92 Å². The minimum Gasteiger partial charge on any atom is -0.352 e. The highest BCUT2D eigenvalue weighted by Crippen LogP contribution is 2.20. The van der Waals surface area contributed by atoms with E-state index in [-0.39, 0.29) is 11.6 Å². The number of nitro groups is 1. The lowest BCUT2D eigenvalue weighted by molar-refractivity contribution is -0.385. The fraction of sp³-hybridized carbons (Fsp3) is 0.500. The van der Waals surface area contributed by atoms with Gasteiger partial charge in [-0.1, -0.05) is 6.07 Å². The molecule has 0 aromatic heterocycles. The van der Waals surface area contributed by atoms with E-state index in [1.165, 1.54) is 12.5 Å². The molecule has 0 bridgehead atoms. The first-order chi connectivity index (χ1) is 9.59. The van der Waals surface area contributed by atoms with Crippen LogP contribution in [0.5, 0.6) is 0 Å². The average molecular weight is 277 g/mol. The summed E-state index contributed by atoms with van der Waals surface area (Å²) in [5.41, 5.74) is 0.766. The van der Waals surface area contributed by atoms with Gasteiger partial charge in [0.15, 0.2) is 0 Å². The predicted molar refractivity (Wildman–Crippen MR) is 75.8 cm³/mol. The molecule has 6 heteroatoms. The van der Waals surface area contributed by atoms with Gasteiger partial charge in [-0.3, -0.25) is 14.9 Å². The normalized spacial score (nSPS) is 17.9. The molecule has 1 heterocycles. The number of nitro benzene ring substituents is 1. The largest absolute Gasteiger partial charge is 0.352 e. The molecular weight excluding hydrogens is 258 g/mol. The maximum absolute atomic E-state index is 12.1. The summed E-state index contributed by atoms with van der Waals surface area (Å²) in [6.07, 6.45) is 3.22. The van der Waals surface area contributed by atoms with Gasteiger partial charge in [-0.2, -0.15) is 0 Å². The molecule has 1 aromatic rings. The summed E-state index contributed by atoms with van der Waals surface area (Å²) in [6, 6.07) is 5.04. The highest BCUT2D eigenvalue weighted by molar-refractivity contribution is 5.96.